The molecule has 0 saturated carbocycles. The van der Waals surface area contributed by atoms with E-state index in [1.807, 2.05) is 49.4 Å². The predicted octanol–water partition coefficient (Wildman–Crippen LogP) is 3.91. The zero-order chi connectivity index (χ0) is 14.5. The third kappa shape index (κ3) is 3.32. The molecule has 0 saturated heterocycles. The molecule has 0 amide bonds. The van der Waals surface area contributed by atoms with Crippen LogP contribution in [0.2, 0.25) is 0 Å². The van der Waals surface area contributed by atoms with Gasteiger partial charge in [0.25, 0.3) is 0 Å². The Morgan fingerprint density at radius 1 is 1.25 bits per heavy atom. The molecule has 1 unspecified atom stereocenters. The van der Waals surface area contributed by atoms with Crippen LogP contribution in [0, 0.1) is 6.92 Å². The third-order valence-electron chi connectivity index (χ3n) is 3.21. The number of anilines is 1. The lowest BCUT2D eigenvalue weighted by Crippen LogP contribution is -2.15. The Bertz CT molecular complexity index is 586. The van der Waals surface area contributed by atoms with Gasteiger partial charge in [0.05, 0.1) is 19.8 Å². The van der Waals surface area contributed by atoms with Gasteiger partial charge < -0.3 is 15.2 Å². The van der Waals surface area contributed by atoms with Gasteiger partial charge in [-0.05, 0) is 52.2 Å². The second kappa shape index (κ2) is 6.77. The van der Waals surface area contributed by atoms with E-state index in [0.717, 1.165) is 27.0 Å². The minimum absolute atomic E-state index is 0.0209. The van der Waals surface area contributed by atoms with E-state index in [2.05, 4.69) is 21.2 Å². The summed E-state index contributed by atoms with van der Waals surface area (Å²) in [4.78, 5) is 0. The van der Waals surface area contributed by atoms with E-state index in [4.69, 9.17) is 4.74 Å². The number of aryl methyl sites for hydroxylation is 1. The normalized spacial score (nSPS) is 12.0. The SMILES string of the molecule is COc1ccc(C(CO)Nc2ccccc2Br)cc1C. The minimum Gasteiger partial charge on any atom is -0.496 e. The van der Waals surface area contributed by atoms with E-state index in [1.54, 1.807) is 7.11 Å². The molecule has 0 aliphatic heterocycles. The van der Waals surface area contributed by atoms with E-state index in [0.29, 0.717) is 0 Å². The summed E-state index contributed by atoms with van der Waals surface area (Å²) in [5, 5.41) is 13.0. The lowest BCUT2D eigenvalue weighted by Gasteiger charge is -2.20. The van der Waals surface area contributed by atoms with Crippen molar-refractivity contribution < 1.29 is 9.84 Å². The van der Waals surface area contributed by atoms with E-state index in [1.165, 1.54) is 0 Å². The molecular formula is C16H18BrNO2. The van der Waals surface area contributed by atoms with Crippen LogP contribution in [0.15, 0.2) is 46.9 Å². The number of hydrogen-bond donors (Lipinski definition) is 2. The molecule has 2 aromatic rings. The second-order valence-electron chi connectivity index (χ2n) is 4.59. The van der Waals surface area contributed by atoms with Crippen molar-refractivity contribution in [1.82, 2.24) is 0 Å². The molecule has 4 heteroatoms. The van der Waals surface area contributed by atoms with E-state index in [-0.39, 0.29) is 12.6 Å². The second-order valence-corrected chi connectivity index (χ2v) is 5.44. The first-order chi connectivity index (χ1) is 9.65. The monoisotopic (exact) mass is 335 g/mol. The van der Waals surface area contributed by atoms with Gasteiger partial charge in [-0.1, -0.05) is 24.3 Å². The lowest BCUT2D eigenvalue weighted by molar-refractivity contribution is 0.276. The summed E-state index contributed by atoms with van der Waals surface area (Å²) in [6.45, 7) is 2.02. The Morgan fingerprint density at radius 2 is 2.00 bits per heavy atom. The number of para-hydroxylation sites is 1. The zero-order valence-corrected chi connectivity index (χ0v) is 13.1. The number of rotatable bonds is 5. The van der Waals surface area contributed by atoms with Crippen LogP contribution in [0.3, 0.4) is 0 Å². The van der Waals surface area contributed by atoms with Crippen molar-refractivity contribution in [2.45, 2.75) is 13.0 Å². The molecule has 20 heavy (non-hydrogen) atoms. The number of aliphatic hydroxyl groups excluding tert-OH is 1. The quantitative estimate of drug-likeness (QED) is 0.870. The molecule has 0 bridgehead atoms. The average Bonchev–Trinajstić information content (AvgIpc) is 2.46. The van der Waals surface area contributed by atoms with Crippen LogP contribution < -0.4 is 10.1 Å². The highest BCUT2D eigenvalue weighted by Gasteiger charge is 2.13. The fraction of sp³-hybridized carbons (Fsp3) is 0.250. The zero-order valence-electron chi connectivity index (χ0n) is 11.6. The van der Waals surface area contributed by atoms with Gasteiger partial charge in [0.15, 0.2) is 0 Å². The number of ether oxygens (including phenoxy) is 1. The Hall–Kier alpha value is -1.52. The number of benzene rings is 2. The highest BCUT2D eigenvalue weighted by atomic mass is 79.9. The van der Waals surface area contributed by atoms with Crippen LogP contribution in [-0.4, -0.2) is 18.8 Å². The highest BCUT2D eigenvalue weighted by molar-refractivity contribution is 9.10. The molecule has 0 aliphatic rings. The Morgan fingerprint density at radius 3 is 2.60 bits per heavy atom. The summed E-state index contributed by atoms with van der Waals surface area (Å²) < 4.78 is 6.24. The number of methoxy groups -OCH3 is 1. The summed E-state index contributed by atoms with van der Waals surface area (Å²) in [7, 11) is 1.66. The van der Waals surface area contributed by atoms with Gasteiger partial charge in [0, 0.05) is 10.2 Å². The molecule has 0 aliphatic carbocycles. The summed E-state index contributed by atoms with van der Waals surface area (Å²) >= 11 is 3.50. The van der Waals surface area contributed by atoms with E-state index < -0.39 is 0 Å². The topological polar surface area (TPSA) is 41.5 Å². The Balaban J connectivity index is 2.24. The van der Waals surface area contributed by atoms with Crippen molar-refractivity contribution in [1.29, 1.82) is 0 Å². The smallest absolute Gasteiger partial charge is 0.121 e. The molecule has 3 nitrogen and oxygen atoms in total. The van der Waals surface area contributed by atoms with Crippen LogP contribution >= 0.6 is 15.9 Å². The number of halogens is 1. The van der Waals surface area contributed by atoms with Crippen molar-refractivity contribution in [2.75, 3.05) is 19.0 Å². The van der Waals surface area contributed by atoms with Gasteiger partial charge in [0.1, 0.15) is 5.75 Å². The standard InChI is InChI=1S/C16H18BrNO2/c1-11-9-12(7-8-16(11)20-2)15(10-19)18-14-6-4-3-5-13(14)17/h3-9,15,18-19H,10H2,1-2H3. The third-order valence-corrected chi connectivity index (χ3v) is 3.90. The first kappa shape index (κ1) is 14.9. The van der Waals surface area contributed by atoms with Crippen LogP contribution in [0.4, 0.5) is 5.69 Å². The molecule has 1 atom stereocenters. The van der Waals surface area contributed by atoms with Crippen LogP contribution in [0.1, 0.15) is 17.2 Å². The molecule has 2 rings (SSSR count). The predicted molar refractivity (Wildman–Crippen MR) is 85.3 cm³/mol. The van der Waals surface area contributed by atoms with Gasteiger partial charge in [0.2, 0.25) is 0 Å². The molecule has 2 aromatic carbocycles. The molecular weight excluding hydrogens is 318 g/mol. The van der Waals surface area contributed by atoms with Crippen molar-refractivity contribution in [3.63, 3.8) is 0 Å². The summed E-state index contributed by atoms with van der Waals surface area (Å²) in [6, 6.07) is 13.6. The first-order valence-corrected chi connectivity index (χ1v) is 7.21. The minimum atomic E-state index is -0.154. The maximum atomic E-state index is 9.64. The fourth-order valence-corrected chi connectivity index (χ4v) is 2.52. The number of nitrogens with one attached hydrogen (secondary N) is 1. The van der Waals surface area contributed by atoms with Gasteiger partial charge in [-0.15, -0.1) is 0 Å². The van der Waals surface area contributed by atoms with E-state index in [9.17, 15) is 5.11 Å². The van der Waals surface area contributed by atoms with Gasteiger partial charge in [-0.25, -0.2) is 0 Å². The average molecular weight is 336 g/mol. The van der Waals surface area contributed by atoms with E-state index >= 15 is 0 Å². The van der Waals surface area contributed by atoms with Crippen LogP contribution in [0.5, 0.6) is 5.75 Å². The van der Waals surface area contributed by atoms with Crippen molar-refractivity contribution >= 4 is 21.6 Å². The molecule has 0 heterocycles. The lowest BCUT2D eigenvalue weighted by atomic mass is 10.0. The Kier molecular flexibility index (Phi) is 5.04. The summed E-state index contributed by atoms with van der Waals surface area (Å²) in [6.07, 6.45) is 0. The van der Waals surface area contributed by atoms with Crippen molar-refractivity contribution in [3.8, 4) is 5.75 Å². The fourth-order valence-electron chi connectivity index (χ4n) is 2.12. The van der Waals surface area contributed by atoms with Gasteiger partial charge >= 0.3 is 0 Å². The number of hydrogen-bond acceptors (Lipinski definition) is 3. The molecule has 106 valence electrons. The largest absolute Gasteiger partial charge is 0.496 e. The highest BCUT2D eigenvalue weighted by Crippen LogP contribution is 2.28. The first-order valence-electron chi connectivity index (χ1n) is 6.42. The Labute approximate surface area is 127 Å². The molecule has 0 fully saturated rings. The molecule has 2 N–H and O–H groups in total. The maximum Gasteiger partial charge on any atom is 0.121 e. The van der Waals surface area contributed by atoms with Gasteiger partial charge in [-0.3, -0.25) is 0 Å². The molecule has 0 radical (unpaired) electrons. The van der Waals surface area contributed by atoms with Crippen LogP contribution in [-0.2, 0) is 0 Å². The summed E-state index contributed by atoms with van der Waals surface area (Å²) in [5.74, 6) is 0.853. The molecule has 0 spiro atoms. The van der Waals surface area contributed by atoms with Crippen LogP contribution in [0.25, 0.3) is 0 Å². The maximum absolute atomic E-state index is 9.64. The van der Waals surface area contributed by atoms with Crippen molar-refractivity contribution in [2.24, 2.45) is 0 Å². The van der Waals surface area contributed by atoms with Crippen molar-refractivity contribution in [3.05, 3.63) is 58.1 Å². The van der Waals surface area contributed by atoms with Gasteiger partial charge in [-0.2, -0.15) is 0 Å². The molecule has 0 aromatic heterocycles. The summed E-state index contributed by atoms with van der Waals surface area (Å²) in [5.41, 5.74) is 3.04. The number of aliphatic hydroxyl groups is 1.